The van der Waals surface area contributed by atoms with Crippen molar-refractivity contribution in [2.24, 2.45) is 0 Å². The van der Waals surface area contributed by atoms with Gasteiger partial charge in [0.1, 0.15) is 10.6 Å². The molecule has 1 aromatic heterocycles. The average molecular weight is 644 g/mol. The molecule has 1 aliphatic heterocycles. The number of nitrogens with zero attached hydrogens (tertiary/aromatic N) is 2. The van der Waals surface area contributed by atoms with Crippen LogP contribution in [0.5, 0.6) is 0 Å². The van der Waals surface area contributed by atoms with E-state index in [9.17, 15) is 48.3 Å². The number of aryl methyl sites for hydroxylation is 1. The van der Waals surface area contributed by atoms with Gasteiger partial charge in [-0.15, -0.1) is 0 Å². The molecule has 15 heteroatoms. The molecule has 1 N–H and O–H groups in total. The van der Waals surface area contributed by atoms with Crippen molar-refractivity contribution >= 4 is 26.8 Å². The number of nitrogens with one attached hydrogen (secondary N) is 1. The number of benzene rings is 3. The molecular weight excluding hydrogens is 622 g/mol. The maximum absolute atomic E-state index is 15.0. The number of H-pyrrole nitrogens is 1. The summed E-state index contributed by atoms with van der Waals surface area (Å²) in [6, 6.07) is 8.76. The van der Waals surface area contributed by atoms with Crippen molar-refractivity contribution < 1.29 is 48.3 Å². The summed E-state index contributed by atoms with van der Waals surface area (Å²) in [6.07, 6.45) is -12.0. The van der Waals surface area contributed by atoms with Gasteiger partial charge >= 0.3 is 18.0 Å². The van der Waals surface area contributed by atoms with Crippen LogP contribution in [0.2, 0.25) is 0 Å². The van der Waals surface area contributed by atoms with Gasteiger partial charge in [-0.2, -0.15) is 26.3 Å². The smallest absolute Gasteiger partial charge is 0.345 e. The maximum Gasteiger partial charge on any atom is 0.435 e. The minimum atomic E-state index is -6.36. The van der Waals surface area contributed by atoms with E-state index in [1.54, 1.807) is 6.07 Å². The van der Waals surface area contributed by atoms with E-state index in [1.807, 2.05) is 0 Å². The van der Waals surface area contributed by atoms with Crippen molar-refractivity contribution in [2.75, 3.05) is 6.54 Å². The Balaban J connectivity index is 1.52. The number of imidazole rings is 1. The average Bonchev–Trinajstić information content (AvgIpc) is 3.60. The van der Waals surface area contributed by atoms with Crippen LogP contribution in [-0.2, 0) is 26.7 Å². The van der Waals surface area contributed by atoms with Crippen LogP contribution in [0.3, 0.4) is 0 Å². The van der Waals surface area contributed by atoms with Gasteiger partial charge in [-0.1, -0.05) is 18.2 Å². The zero-order chi connectivity index (χ0) is 31.9. The lowest BCUT2D eigenvalue weighted by atomic mass is 9.76. The second-order valence-corrected chi connectivity index (χ2v) is 13.0. The Morgan fingerprint density at radius 1 is 0.932 bits per heavy atom. The fourth-order valence-corrected chi connectivity index (χ4v) is 8.89. The van der Waals surface area contributed by atoms with Crippen molar-refractivity contribution in [2.45, 2.75) is 53.0 Å². The van der Waals surface area contributed by atoms with Gasteiger partial charge < -0.3 is 9.88 Å². The quantitative estimate of drug-likeness (QED) is 0.203. The van der Waals surface area contributed by atoms with E-state index in [1.165, 1.54) is 23.4 Å². The molecule has 0 bridgehead atoms. The van der Waals surface area contributed by atoms with E-state index < -0.39 is 55.9 Å². The minimum absolute atomic E-state index is 0.137. The van der Waals surface area contributed by atoms with Crippen LogP contribution in [0.4, 0.5) is 35.1 Å². The van der Waals surface area contributed by atoms with E-state index in [2.05, 4.69) is 9.97 Å². The number of amides is 1. The van der Waals surface area contributed by atoms with Gasteiger partial charge in [0.25, 0.3) is 5.91 Å². The largest absolute Gasteiger partial charge is 0.435 e. The third-order valence-corrected chi connectivity index (χ3v) is 11.1. The highest BCUT2D eigenvalue weighted by atomic mass is 32.2. The first-order valence-electron chi connectivity index (χ1n) is 13.2. The normalized spacial score (nSPS) is 20.9. The topological polar surface area (TPSA) is 83.1 Å². The molecule has 0 unspecified atom stereocenters. The number of likely N-dealkylation sites (tertiary alicyclic amines) is 1. The number of carbonyl (C=O) groups excluding carboxylic acids is 1. The van der Waals surface area contributed by atoms with Crippen LogP contribution < -0.4 is 0 Å². The van der Waals surface area contributed by atoms with Crippen molar-refractivity contribution in [3.63, 3.8) is 0 Å². The highest BCUT2D eigenvalue weighted by Gasteiger charge is 2.73. The summed E-state index contributed by atoms with van der Waals surface area (Å²) in [5, 5.41) is 0. The summed E-state index contributed by atoms with van der Waals surface area (Å²) in [4.78, 5) is 21.7. The highest BCUT2D eigenvalue weighted by Crippen LogP contribution is 2.56. The van der Waals surface area contributed by atoms with Gasteiger partial charge in [-0.3, -0.25) is 4.79 Å². The summed E-state index contributed by atoms with van der Waals surface area (Å²) in [5.74, 6) is -1.31. The van der Waals surface area contributed by atoms with Crippen LogP contribution in [0.25, 0.3) is 11.0 Å². The molecule has 1 aliphatic carbocycles. The number of aromatic nitrogens is 2. The molecule has 6 nitrogen and oxygen atoms in total. The molecule has 232 valence electrons. The van der Waals surface area contributed by atoms with Gasteiger partial charge in [-0.25, -0.2) is 22.2 Å². The Labute approximate surface area is 244 Å². The molecule has 44 heavy (non-hydrogen) atoms. The number of aromatic amines is 1. The van der Waals surface area contributed by atoms with Gasteiger partial charge in [0.15, 0.2) is 9.84 Å². The Bertz CT molecular complexity index is 1870. The number of rotatable bonds is 4. The predicted molar refractivity (Wildman–Crippen MR) is 140 cm³/mol. The van der Waals surface area contributed by atoms with Crippen molar-refractivity contribution in [1.82, 2.24) is 14.9 Å². The number of halogens is 8. The molecule has 3 aromatic carbocycles. The maximum atomic E-state index is 15.0. The molecule has 2 atom stereocenters. The third kappa shape index (κ3) is 4.14. The number of sulfone groups is 1. The molecule has 6 rings (SSSR count). The van der Waals surface area contributed by atoms with Gasteiger partial charge in [-0.05, 0) is 72.9 Å². The van der Waals surface area contributed by atoms with Crippen LogP contribution in [0.1, 0.15) is 39.9 Å². The molecule has 2 heterocycles. The lowest BCUT2D eigenvalue weighted by Crippen LogP contribution is -2.53. The molecule has 1 amide bonds. The van der Waals surface area contributed by atoms with E-state index >= 15 is 0 Å². The van der Waals surface area contributed by atoms with E-state index in [0.29, 0.717) is 23.2 Å². The van der Waals surface area contributed by atoms with Crippen LogP contribution >= 0.6 is 0 Å². The fraction of sp³-hybridized carbons (Fsp3) is 0.310. The predicted octanol–water partition coefficient (Wildman–Crippen LogP) is 6.52. The summed E-state index contributed by atoms with van der Waals surface area (Å²) >= 11 is 0. The number of carbonyl (C=O) groups is 1. The number of alkyl halides is 7. The van der Waals surface area contributed by atoms with E-state index in [4.69, 9.17) is 0 Å². The number of hydrogen-bond donors (Lipinski definition) is 1. The van der Waals surface area contributed by atoms with Gasteiger partial charge in [0, 0.05) is 17.7 Å². The zero-order valence-corrected chi connectivity index (χ0v) is 23.1. The van der Waals surface area contributed by atoms with Crippen LogP contribution in [0.15, 0.2) is 71.9 Å². The highest BCUT2D eigenvalue weighted by molar-refractivity contribution is 7.92. The van der Waals surface area contributed by atoms with E-state index in [-0.39, 0.29) is 47.4 Å². The first kappa shape index (κ1) is 30.0. The number of hydrogen-bond acceptors (Lipinski definition) is 4. The fourth-order valence-electron chi connectivity index (χ4n) is 6.53. The van der Waals surface area contributed by atoms with Crippen LogP contribution in [-0.4, -0.2) is 54.1 Å². The third-order valence-electron chi connectivity index (χ3n) is 8.60. The lowest BCUT2D eigenvalue weighted by molar-refractivity contribution is -0.348. The van der Waals surface area contributed by atoms with E-state index in [0.717, 1.165) is 30.3 Å². The summed E-state index contributed by atoms with van der Waals surface area (Å²) in [5.41, 5.74) is -6.54. The van der Waals surface area contributed by atoms with Crippen molar-refractivity contribution in [1.29, 1.82) is 0 Å². The Hall–Kier alpha value is -4.01. The summed E-state index contributed by atoms with van der Waals surface area (Å²) in [6.45, 7) is -0.137. The second kappa shape index (κ2) is 9.74. The Morgan fingerprint density at radius 3 is 2.27 bits per heavy atom. The van der Waals surface area contributed by atoms with Crippen LogP contribution in [0, 0.1) is 5.82 Å². The SMILES string of the molecule is O=C(c1ccc2[nH]cnc2c1)N1CC[C@@]2(S(=O)(=O)c3ccc(F)cc3)c3ccc(C(F)(C(F)(F)F)C(F)(F)F)cc3CC[C@@H]12. The molecular formula is C29H21F8N3O3S. The molecule has 2 aliphatic rings. The zero-order valence-electron chi connectivity index (χ0n) is 22.3. The first-order chi connectivity index (χ1) is 20.5. The second-order valence-electron chi connectivity index (χ2n) is 10.8. The van der Waals surface area contributed by atoms with Gasteiger partial charge in [0.2, 0.25) is 0 Å². The Morgan fingerprint density at radius 2 is 1.61 bits per heavy atom. The lowest BCUT2D eigenvalue weighted by Gasteiger charge is -2.43. The molecule has 0 radical (unpaired) electrons. The summed E-state index contributed by atoms with van der Waals surface area (Å²) < 4.78 is 137. The monoisotopic (exact) mass is 643 g/mol. The first-order valence-corrected chi connectivity index (χ1v) is 14.7. The van der Waals surface area contributed by atoms with Crippen molar-refractivity contribution in [3.05, 3.63) is 95.1 Å². The molecule has 1 saturated heterocycles. The minimum Gasteiger partial charge on any atom is -0.345 e. The molecule has 4 aromatic rings. The molecule has 0 spiro atoms. The van der Waals surface area contributed by atoms with Crippen molar-refractivity contribution in [3.8, 4) is 0 Å². The molecule has 1 fully saturated rings. The molecule has 0 saturated carbocycles. The summed E-state index contributed by atoms with van der Waals surface area (Å²) in [7, 11) is -4.59. The standard InChI is InChI=1S/C29H21F8N3O3S/c30-19-4-6-20(7-5-19)44(42,43)26-11-12-40(25(41)17-1-9-22-23(14-17)39-15-38-22)24(26)10-2-16-13-18(3-8-21(16)26)27(31,28(32,33)34)29(35,36)37/h1,3-9,13-15,24H,2,10-12H2,(H,38,39)/t24-,26-/m1/s1. The van der Waals surface area contributed by atoms with Gasteiger partial charge in [0.05, 0.1) is 28.3 Å². The Kier molecular flexibility index (Phi) is 6.65. The number of fused-ring (bicyclic) bond motifs is 4.